The van der Waals surface area contributed by atoms with E-state index in [1.807, 2.05) is 30.8 Å². The first kappa shape index (κ1) is 19.3. The van der Waals surface area contributed by atoms with Crippen LogP contribution >= 0.6 is 0 Å². The number of benzene rings is 2. The van der Waals surface area contributed by atoms with Gasteiger partial charge in [0.15, 0.2) is 9.84 Å². The molecule has 1 aromatic heterocycles. The van der Waals surface area contributed by atoms with Gasteiger partial charge in [0, 0.05) is 25.7 Å². The van der Waals surface area contributed by atoms with Crippen molar-refractivity contribution in [2.45, 2.75) is 30.8 Å². The molecule has 0 aliphatic carbocycles. The van der Waals surface area contributed by atoms with E-state index in [0.29, 0.717) is 4.90 Å². The Morgan fingerprint density at radius 2 is 1.78 bits per heavy atom. The second-order valence-corrected chi connectivity index (χ2v) is 8.99. The van der Waals surface area contributed by atoms with E-state index in [9.17, 15) is 8.42 Å². The van der Waals surface area contributed by atoms with Crippen LogP contribution in [0.25, 0.3) is 0 Å². The van der Waals surface area contributed by atoms with Gasteiger partial charge in [0.25, 0.3) is 0 Å². The minimum absolute atomic E-state index is 0.0156. The molecule has 0 aliphatic rings. The molecular weight excluding hydrogens is 358 g/mol. The normalized spacial score (nSPS) is 14.1. The van der Waals surface area contributed by atoms with Crippen LogP contribution in [0.5, 0.6) is 0 Å². The molecule has 1 N–H and O–H groups in total. The molecule has 142 valence electrons. The van der Waals surface area contributed by atoms with Crippen molar-refractivity contribution in [3.05, 3.63) is 83.4 Å². The summed E-state index contributed by atoms with van der Waals surface area (Å²) < 4.78 is 26.0. The molecule has 27 heavy (non-hydrogen) atoms. The number of nitrogens with one attached hydrogen (secondary N) is 1. The third-order valence-corrected chi connectivity index (χ3v) is 5.80. The molecule has 0 bridgehead atoms. The van der Waals surface area contributed by atoms with Crippen molar-refractivity contribution >= 4 is 9.84 Å². The van der Waals surface area contributed by atoms with Gasteiger partial charge in [0.1, 0.15) is 5.82 Å². The number of sulfone groups is 1. The highest BCUT2D eigenvalue weighted by Gasteiger charge is 2.21. The van der Waals surface area contributed by atoms with Crippen LogP contribution in [-0.4, -0.2) is 24.2 Å². The van der Waals surface area contributed by atoms with Crippen molar-refractivity contribution in [3.63, 3.8) is 0 Å². The molecule has 0 saturated carbocycles. The van der Waals surface area contributed by atoms with E-state index in [-0.39, 0.29) is 12.1 Å². The van der Waals surface area contributed by atoms with Crippen LogP contribution < -0.4 is 5.32 Å². The number of hydrogen-bond acceptors (Lipinski definition) is 4. The van der Waals surface area contributed by atoms with E-state index in [2.05, 4.69) is 41.5 Å². The van der Waals surface area contributed by atoms with E-state index in [0.717, 1.165) is 17.0 Å². The first-order chi connectivity index (χ1) is 12.8. The van der Waals surface area contributed by atoms with Gasteiger partial charge in [0.05, 0.1) is 17.0 Å². The highest BCUT2D eigenvalue weighted by molar-refractivity contribution is 7.90. The van der Waals surface area contributed by atoms with Gasteiger partial charge in [0.2, 0.25) is 0 Å². The van der Waals surface area contributed by atoms with Gasteiger partial charge in [-0.25, -0.2) is 13.4 Å². The molecule has 0 amide bonds. The first-order valence-corrected chi connectivity index (χ1v) is 10.7. The van der Waals surface area contributed by atoms with Crippen LogP contribution in [0.1, 0.15) is 41.5 Å². The molecule has 3 aromatic rings. The van der Waals surface area contributed by atoms with Crippen molar-refractivity contribution in [1.82, 2.24) is 14.9 Å². The van der Waals surface area contributed by atoms with Crippen LogP contribution in [0.2, 0.25) is 0 Å². The lowest BCUT2D eigenvalue weighted by Crippen LogP contribution is -2.27. The zero-order valence-electron chi connectivity index (χ0n) is 16.0. The molecule has 5 nitrogen and oxygen atoms in total. The summed E-state index contributed by atoms with van der Waals surface area (Å²) in [5.74, 6) is 0.923. The third-order valence-electron chi connectivity index (χ3n) is 4.69. The Balaban J connectivity index is 2.03. The van der Waals surface area contributed by atoms with Gasteiger partial charge in [-0.3, -0.25) is 5.32 Å². The largest absolute Gasteiger partial charge is 0.337 e. The van der Waals surface area contributed by atoms with E-state index in [4.69, 9.17) is 0 Å². The highest BCUT2D eigenvalue weighted by Crippen LogP contribution is 2.27. The summed E-state index contributed by atoms with van der Waals surface area (Å²) >= 11 is 0. The first-order valence-electron chi connectivity index (χ1n) is 8.85. The molecule has 0 fully saturated rings. The fourth-order valence-electron chi connectivity index (χ4n) is 3.19. The molecule has 0 radical (unpaired) electrons. The number of nitrogens with zero attached hydrogens (tertiary/aromatic N) is 2. The summed E-state index contributed by atoms with van der Waals surface area (Å²) in [5, 5.41) is 3.61. The summed E-state index contributed by atoms with van der Waals surface area (Å²) in [5.41, 5.74) is 3.16. The molecule has 3 rings (SSSR count). The molecule has 2 atom stereocenters. The molecular formula is C21H25N3O2S. The van der Waals surface area contributed by atoms with Gasteiger partial charge >= 0.3 is 0 Å². The zero-order valence-corrected chi connectivity index (χ0v) is 16.9. The van der Waals surface area contributed by atoms with Crippen LogP contribution in [-0.2, 0) is 16.9 Å². The lowest BCUT2D eigenvalue weighted by molar-refractivity contribution is 0.484. The summed E-state index contributed by atoms with van der Waals surface area (Å²) in [6, 6.07) is 15.2. The Kier molecular flexibility index (Phi) is 5.48. The minimum atomic E-state index is -3.27. The third kappa shape index (κ3) is 4.46. The molecule has 2 unspecified atom stereocenters. The average molecular weight is 384 g/mol. The van der Waals surface area contributed by atoms with E-state index >= 15 is 0 Å². The minimum Gasteiger partial charge on any atom is -0.337 e. The van der Waals surface area contributed by atoms with Crippen LogP contribution in [0.3, 0.4) is 0 Å². The van der Waals surface area contributed by atoms with Crippen LogP contribution in [0, 0.1) is 6.92 Å². The second-order valence-electron chi connectivity index (χ2n) is 6.97. The Bertz CT molecular complexity index is 1020. The number of imidazole rings is 1. The van der Waals surface area contributed by atoms with Crippen LogP contribution in [0.15, 0.2) is 65.8 Å². The maximum atomic E-state index is 12.0. The summed E-state index contributed by atoms with van der Waals surface area (Å²) in [4.78, 5) is 4.75. The average Bonchev–Trinajstić information content (AvgIpc) is 3.06. The second kappa shape index (κ2) is 7.66. The van der Waals surface area contributed by atoms with Crippen LogP contribution in [0.4, 0.5) is 0 Å². The predicted molar refractivity (Wildman–Crippen MR) is 107 cm³/mol. The van der Waals surface area contributed by atoms with Crippen molar-refractivity contribution in [1.29, 1.82) is 0 Å². The van der Waals surface area contributed by atoms with Crippen molar-refractivity contribution < 1.29 is 8.42 Å². The molecule has 0 saturated heterocycles. The van der Waals surface area contributed by atoms with E-state index in [1.54, 1.807) is 24.4 Å². The van der Waals surface area contributed by atoms with Gasteiger partial charge in [-0.15, -0.1) is 0 Å². The van der Waals surface area contributed by atoms with Gasteiger partial charge in [-0.1, -0.05) is 42.0 Å². The number of hydrogen-bond donors (Lipinski definition) is 1. The molecule has 6 heteroatoms. The number of rotatable bonds is 6. The molecule has 0 spiro atoms. The smallest absolute Gasteiger partial charge is 0.175 e. The van der Waals surface area contributed by atoms with Crippen molar-refractivity contribution in [3.8, 4) is 0 Å². The SMILES string of the molecule is Cc1ccc(C(NC(C)c2nccn2C)c2cccc(S(C)(=O)=O)c2)cc1. The summed E-state index contributed by atoms with van der Waals surface area (Å²) in [7, 11) is -1.31. The lowest BCUT2D eigenvalue weighted by atomic mass is 9.97. The highest BCUT2D eigenvalue weighted by atomic mass is 32.2. The Morgan fingerprint density at radius 1 is 1.07 bits per heavy atom. The summed E-state index contributed by atoms with van der Waals surface area (Å²) in [6.07, 6.45) is 4.92. The molecule has 2 aromatic carbocycles. The maximum absolute atomic E-state index is 12.0. The fraction of sp³-hybridized carbons (Fsp3) is 0.286. The van der Waals surface area contributed by atoms with Crippen molar-refractivity contribution in [2.75, 3.05) is 6.26 Å². The lowest BCUT2D eigenvalue weighted by Gasteiger charge is -2.25. The van der Waals surface area contributed by atoms with Gasteiger partial charge < -0.3 is 4.57 Å². The Labute approximate surface area is 161 Å². The van der Waals surface area contributed by atoms with Gasteiger partial charge in [-0.2, -0.15) is 0 Å². The zero-order chi connectivity index (χ0) is 19.6. The topological polar surface area (TPSA) is 64.0 Å². The monoisotopic (exact) mass is 383 g/mol. The molecule has 0 aliphatic heterocycles. The molecule has 1 heterocycles. The summed E-state index contributed by atoms with van der Waals surface area (Å²) in [6.45, 7) is 4.11. The number of aryl methyl sites for hydroxylation is 2. The van der Waals surface area contributed by atoms with E-state index < -0.39 is 9.84 Å². The number of aromatic nitrogens is 2. The van der Waals surface area contributed by atoms with Crippen molar-refractivity contribution in [2.24, 2.45) is 7.05 Å². The standard InChI is InChI=1S/C21H25N3O2S/c1-15-8-10-17(11-9-15)20(23-16(2)21-22-12-13-24(21)3)18-6-5-7-19(14-18)27(4,25)26/h5-14,16,20,23H,1-4H3. The quantitative estimate of drug-likeness (QED) is 0.707. The Hall–Kier alpha value is -2.44. The fourth-order valence-corrected chi connectivity index (χ4v) is 3.86. The maximum Gasteiger partial charge on any atom is 0.175 e. The Morgan fingerprint density at radius 3 is 2.37 bits per heavy atom. The predicted octanol–water partition coefficient (Wildman–Crippen LogP) is 3.57. The van der Waals surface area contributed by atoms with E-state index in [1.165, 1.54) is 11.8 Å². The van der Waals surface area contributed by atoms with Gasteiger partial charge in [-0.05, 0) is 37.1 Å².